The molecule has 1 aromatic carbocycles. The second-order valence-corrected chi connectivity index (χ2v) is 6.89. The van der Waals surface area contributed by atoms with E-state index in [1.165, 1.54) is 44.5 Å². The molecule has 1 fully saturated rings. The summed E-state index contributed by atoms with van der Waals surface area (Å²) in [5.41, 5.74) is 9.43. The van der Waals surface area contributed by atoms with Crippen molar-refractivity contribution in [3.63, 3.8) is 0 Å². The molecule has 5 nitrogen and oxygen atoms in total. The molecule has 1 saturated carbocycles. The van der Waals surface area contributed by atoms with E-state index >= 15 is 0 Å². The minimum Gasteiger partial charge on any atom is -0.382 e. The lowest BCUT2D eigenvalue weighted by Gasteiger charge is -2.23. The maximum Gasteiger partial charge on any atom is 0.153 e. The summed E-state index contributed by atoms with van der Waals surface area (Å²) in [7, 11) is 0. The van der Waals surface area contributed by atoms with Gasteiger partial charge in [0.05, 0.1) is 11.2 Å². The zero-order valence-electron chi connectivity index (χ0n) is 14.6. The Kier molecular flexibility index (Phi) is 4.75. The molecule has 0 saturated heterocycles. The molecule has 3 N–H and O–H groups in total. The molecule has 0 unspecified atom stereocenters. The summed E-state index contributed by atoms with van der Waals surface area (Å²) in [6.07, 6.45) is 7.69. The molecular weight excluding hydrogens is 329 g/mol. The minimum absolute atomic E-state index is 0.262. The van der Waals surface area contributed by atoms with Crippen LogP contribution in [0.1, 0.15) is 37.7 Å². The molecular formula is C20H22FN5. The molecule has 6 heteroatoms. The molecule has 0 spiro atoms. The van der Waals surface area contributed by atoms with Gasteiger partial charge in [0, 0.05) is 18.2 Å². The van der Waals surface area contributed by atoms with Gasteiger partial charge in [0.15, 0.2) is 5.82 Å². The number of rotatable bonds is 4. The van der Waals surface area contributed by atoms with E-state index in [9.17, 15) is 4.39 Å². The fraction of sp³-hybridized carbons (Fsp3) is 0.350. The first-order valence-electron chi connectivity index (χ1n) is 9.09. The van der Waals surface area contributed by atoms with E-state index in [0.29, 0.717) is 35.1 Å². The lowest BCUT2D eigenvalue weighted by atomic mass is 9.95. The van der Waals surface area contributed by atoms with Crippen LogP contribution in [0, 0.1) is 5.82 Å². The van der Waals surface area contributed by atoms with E-state index in [4.69, 9.17) is 5.73 Å². The molecule has 0 aliphatic heterocycles. The predicted molar refractivity (Wildman–Crippen MR) is 101 cm³/mol. The van der Waals surface area contributed by atoms with E-state index < -0.39 is 0 Å². The smallest absolute Gasteiger partial charge is 0.153 e. The molecule has 3 aromatic rings. The van der Waals surface area contributed by atoms with Gasteiger partial charge in [-0.3, -0.25) is 0 Å². The quantitative estimate of drug-likeness (QED) is 0.747. The summed E-state index contributed by atoms with van der Waals surface area (Å²) < 4.78 is 14.2. The Labute approximate surface area is 151 Å². The lowest BCUT2D eigenvalue weighted by Crippen LogP contribution is -2.30. The number of hydrogen-bond donors (Lipinski definition) is 2. The molecule has 0 atom stereocenters. The van der Waals surface area contributed by atoms with Gasteiger partial charge >= 0.3 is 0 Å². The van der Waals surface area contributed by atoms with Gasteiger partial charge in [0.1, 0.15) is 17.7 Å². The third kappa shape index (κ3) is 3.65. The number of benzene rings is 1. The van der Waals surface area contributed by atoms with Crippen LogP contribution < -0.4 is 11.1 Å². The van der Waals surface area contributed by atoms with Crippen LogP contribution in [0.5, 0.6) is 0 Å². The van der Waals surface area contributed by atoms with Crippen molar-refractivity contribution in [3.8, 4) is 11.3 Å². The zero-order chi connectivity index (χ0) is 17.9. The van der Waals surface area contributed by atoms with Gasteiger partial charge in [0.25, 0.3) is 0 Å². The first kappa shape index (κ1) is 16.8. The van der Waals surface area contributed by atoms with Crippen molar-refractivity contribution in [2.75, 3.05) is 5.73 Å². The number of pyridine rings is 1. The summed E-state index contributed by atoms with van der Waals surface area (Å²) in [5, 5.41) is 3.56. The molecule has 26 heavy (non-hydrogen) atoms. The number of nitrogens with zero attached hydrogens (tertiary/aromatic N) is 3. The van der Waals surface area contributed by atoms with Crippen molar-refractivity contribution in [2.24, 2.45) is 0 Å². The Bertz CT molecular complexity index is 921. The molecule has 0 amide bonds. The summed E-state index contributed by atoms with van der Waals surface area (Å²) in [6, 6.07) is 9.26. The van der Waals surface area contributed by atoms with Crippen LogP contribution in [-0.2, 0) is 6.54 Å². The van der Waals surface area contributed by atoms with Crippen LogP contribution in [0.15, 0.2) is 36.7 Å². The van der Waals surface area contributed by atoms with Gasteiger partial charge in [-0.1, -0.05) is 19.3 Å². The fourth-order valence-corrected chi connectivity index (χ4v) is 3.59. The highest BCUT2D eigenvalue weighted by molar-refractivity contribution is 5.85. The molecule has 0 radical (unpaired) electrons. The summed E-state index contributed by atoms with van der Waals surface area (Å²) in [4.78, 5) is 12.7. The van der Waals surface area contributed by atoms with Crippen LogP contribution in [-0.4, -0.2) is 21.0 Å². The number of hydrogen-bond acceptors (Lipinski definition) is 5. The van der Waals surface area contributed by atoms with Gasteiger partial charge < -0.3 is 11.1 Å². The van der Waals surface area contributed by atoms with Crippen molar-refractivity contribution >= 4 is 16.9 Å². The van der Waals surface area contributed by atoms with Crippen LogP contribution in [0.4, 0.5) is 10.2 Å². The topological polar surface area (TPSA) is 76.7 Å². The summed E-state index contributed by atoms with van der Waals surface area (Å²) >= 11 is 0. The number of aromatic nitrogens is 3. The highest BCUT2D eigenvalue weighted by Gasteiger charge is 2.13. The first-order valence-corrected chi connectivity index (χ1v) is 9.09. The Balaban J connectivity index is 1.60. The number of fused-ring (bicyclic) bond motifs is 1. The molecule has 2 heterocycles. The predicted octanol–water partition coefficient (Wildman–Crippen LogP) is 3.84. The normalized spacial score (nSPS) is 15.4. The van der Waals surface area contributed by atoms with E-state index in [2.05, 4.69) is 20.3 Å². The molecule has 1 aliphatic rings. The van der Waals surface area contributed by atoms with Crippen molar-refractivity contribution < 1.29 is 4.39 Å². The average Bonchev–Trinajstić information content (AvgIpc) is 2.67. The number of nitrogens with one attached hydrogen (secondary N) is 1. The monoisotopic (exact) mass is 351 g/mol. The van der Waals surface area contributed by atoms with Gasteiger partial charge in [-0.05, 0) is 48.7 Å². The van der Waals surface area contributed by atoms with Crippen LogP contribution >= 0.6 is 0 Å². The van der Waals surface area contributed by atoms with Crippen LogP contribution in [0.3, 0.4) is 0 Å². The van der Waals surface area contributed by atoms with E-state index in [-0.39, 0.29) is 5.82 Å². The molecule has 2 aromatic heterocycles. The highest BCUT2D eigenvalue weighted by Crippen LogP contribution is 2.24. The molecule has 134 valence electrons. The van der Waals surface area contributed by atoms with Crippen LogP contribution in [0.25, 0.3) is 22.3 Å². The zero-order valence-corrected chi connectivity index (χ0v) is 14.6. The Morgan fingerprint density at radius 2 is 1.92 bits per heavy atom. The lowest BCUT2D eigenvalue weighted by molar-refractivity contribution is 0.372. The third-order valence-electron chi connectivity index (χ3n) is 4.96. The molecule has 0 bridgehead atoms. The van der Waals surface area contributed by atoms with Crippen molar-refractivity contribution in [1.29, 1.82) is 0 Å². The number of nitrogens with two attached hydrogens (primary N) is 1. The minimum atomic E-state index is -0.262. The average molecular weight is 351 g/mol. The van der Waals surface area contributed by atoms with Gasteiger partial charge in [-0.25, -0.2) is 19.3 Å². The maximum absolute atomic E-state index is 14.2. The van der Waals surface area contributed by atoms with Gasteiger partial charge in [0.2, 0.25) is 0 Å². The maximum atomic E-state index is 14.2. The van der Waals surface area contributed by atoms with Crippen molar-refractivity contribution in [3.05, 3.63) is 48.0 Å². The number of nitrogen functional groups attached to an aromatic ring is 1. The van der Waals surface area contributed by atoms with E-state index in [1.807, 2.05) is 18.2 Å². The second-order valence-electron chi connectivity index (χ2n) is 6.89. The third-order valence-corrected chi connectivity index (χ3v) is 4.96. The molecule has 1 aliphatic carbocycles. The largest absolute Gasteiger partial charge is 0.382 e. The van der Waals surface area contributed by atoms with E-state index in [1.54, 1.807) is 6.07 Å². The van der Waals surface area contributed by atoms with Gasteiger partial charge in [-0.2, -0.15) is 0 Å². The second kappa shape index (κ2) is 7.33. The number of halogens is 1. The van der Waals surface area contributed by atoms with Crippen molar-refractivity contribution in [1.82, 2.24) is 20.3 Å². The highest BCUT2D eigenvalue weighted by atomic mass is 19.1. The van der Waals surface area contributed by atoms with Crippen LogP contribution in [0.2, 0.25) is 0 Å². The fourth-order valence-electron chi connectivity index (χ4n) is 3.59. The standard InChI is InChI=1S/C20H22FN5/c21-15-9-13(11-23-16-4-2-1-3-5-16)8-14(10-15)17-6-7-18-19(26-17)20(22)25-12-24-18/h6-10,12,16,23H,1-5,11H2,(H2,22,24,25). The Hall–Kier alpha value is -2.60. The first-order chi connectivity index (χ1) is 12.7. The SMILES string of the molecule is Nc1ncnc2ccc(-c3cc(F)cc(CNC4CCCCC4)c3)nc12. The summed E-state index contributed by atoms with van der Waals surface area (Å²) in [6.45, 7) is 0.661. The molecule has 4 rings (SSSR count). The number of anilines is 1. The van der Waals surface area contributed by atoms with Gasteiger partial charge in [-0.15, -0.1) is 0 Å². The summed E-state index contributed by atoms with van der Waals surface area (Å²) in [5.74, 6) is 0.0644. The Morgan fingerprint density at radius 1 is 1.08 bits per heavy atom. The Morgan fingerprint density at radius 3 is 2.77 bits per heavy atom. The van der Waals surface area contributed by atoms with E-state index in [0.717, 1.165) is 11.1 Å². The van der Waals surface area contributed by atoms with Crippen molar-refractivity contribution in [2.45, 2.75) is 44.7 Å².